The fourth-order valence-corrected chi connectivity index (χ4v) is 1.93. The number of hydrogen-bond donors (Lipinski definition) is 1. The lowest BCUT2D eigenvalue weighted by molar-refractivity contribution is 0.271. The maximum atomic E-state index is 5.75. The highest BCUT2D eigenvalue weighted by molar-refractivity contribution is 9.10. The second-order valence-corrected chi connectivity index (χ2v) is 5.06. The monoisotopic (exact) mass is 309 g/mol. The summed E-state index contributed by atoms with van der Waals surface area (Å²) in [6, 6.07) is 11.6. The van der Waals surface area contributed by atoms with Crippen LogP contribution in [0.2, 0.25) is 0 Å². The van der Waals surface area contributed by atoms with Crippen LogP contribution in [0.25, 0.3) is 0 Å². The second kappa shape index (κ2) is 6.07. The molecule has 0 saturated carbocycles. The molecule has 0 bridgehead atoms. The van der Waals surface area contributed by atoms with Crippen molar-refractivity contribution in [3.63, 3.8) is 0 Å². The van der Waals surface area contributed by atoms with Gasteiger partial charge in [-0.2, -0.15) is 0 Å². The number of nitrogens with two attached hydrogens (primary N) is 1. The first-order valence-electron chi connectivity index (χ1n) is 5.84. The molecular formula is C14H16BrNO2. The summed E-state index contributed by atoms with van der Waals surface area (Å²) >= 11 is 3.39. The van der Waals surface area contributed by atoms with Crippen LogP contribution in [-0.4, -0.2) is 13.2 Å². The summed E-state index contributed by atoms with van der Waals surface area (Å²) in [5.74, 6) is 2.70. The minimum absolute atomic E-state index is 0.0855. The summed E-state index contributed by atoms with van der Waals surface area (Å²) in [7, 11) is 0. The molecule has 0 radical (unpaired) electrons. The minimum Gasteiger partial charge on any atom is -0.493 e. The van der Waals surface area contributed by atoms with Crippen molar-refractivity contribution in [1.82, 2.24) is 0 Å². The average Bonchev–Trinajstić information content (AvgIpc) is 2.79. The zero-order valence-corrected chi connectivity index (χ0v) is 11.8. The normalized spacial score (nSPS) is 12.4. The Morgan fingerprint density at radius 3 is 2.50 bits per heavy atom. The maximum absolute atomic E-state index is 5.75. The van der Waals surface area contributed by atoms with E-state index >= 15 is 0 Å². The first kappa shape index (κ1) is 13.2. The highest BCUT2D eigenvalue weighted by Gasteiger charge is 2.14. The molecule has 18 heavy (non-hydrogen) atoms. The molecule has 0 saturated heterocycles. The molecule has 0 fully saturated rings. The summed E-state index contributed by atoms with van der Waals surface area (Å²) in [6.07, 6.45) is 0. The third-order valence-electron chi connectivity index (χ3n) is 2.71. The van der Waals surface area contributed by atoms with Crippen LogP contribution >= 0.6 is 15.9 Å². The van der Waals surface area contributed by atoms with Gasteiger partial charge in [-0.3, -0.25) is 0 Å². The van der Waals surface area contributed by atoms with Gasteiger partial charge in [0, 0.05) is 11.0 Å². The van der Waals surface area contributed by atoms with Gasteiger partial charge >= 0.3 is 0 Å². The maximum Gasteiger partial charge on any atom is 0.119 e. The Kier molecular flexibility index (Phi) is 4.44. The predicted molar refractivity (Wildman–Crippen MR) is 74.9 cm³/mol. The van der Waals surface area contributed by atoms with E-state index in [0.717, 1.165) is 21.7 Å². The topological polar surface area (TPSA) is 48.4 Å². The SMILES string of the molecule is Cc1ccc(C(CN)COc2ccc(Br)cc2)o1. The molecule has 3 nitrogen and oxygen atoms in total. The first-order valence-corrected chi connectivity index (χ1v) is 6.63. The summed E-state index contributed by atoms with van der Waals surface area (Å²) in [5.41, 5.74) is 5.75. The van der Waals surface area contributed by atoms with Crippen molar-refractivity contribution < 1.29 is 9.15 Å². The smallest absolute Gasteiger partial charge is 0.119 e. The minimum atomic E-state index is 0.0855. The summed E-state index contributed by atoms with van der Waals surface area (Å²) in [5, 5.41) is 0. The summed E-state index contributed by atoms with van der Waals surface area (Å²) < 4.78 is 12.3. The van der Waals surface area contributed by atoms with E-state index in [4.69, 9.17) is 14.9 Å². The molecule has 0 aliphatic rings. The quantitative estimate of drug-likeness (QED) is 0.920. The molecule has 2 aromatic rings. The number of aryl methyl sites for hydroxylation is 1. The van der Waals surface area contributed by atoms with Gasteiger partial charge in [0.25, 0.3) is 0 Å². The average molecular weight is 310 g/mol. The molecule has 2 N–H and O–H groups in total. The molecule has 1 unspecified atom stereocenters. The third kappa shape index (κ3) is 3.37. The molecule has 0 aliphatic heterocycles. The number of rotatable bonds is 5. The van der Waals surface area contributed by atoms with Gasteiger partial charge in [0.15, 0.2) is 0 Å². The largest absolute Gasteiger partial charge is 0.493 e. The molecule has 0 aliphatic carbocycles. The Hall–Kier alpha value is -1.26. The van der Waals surface area contributed by atoms with Gasteiger partial charge in [-0.1, -0.05) is 15.9 Å². The Morgan fingerprint density at radius 1 is 1.22 bits per heavy atom. The van der Waals surface area contributed by atoms with Crippen molar-refractivity contribution >= 4 is 15.9 Å². The van der Waals surface area contributed by atoms with Gasteiger partial charge in [-0.15, -0.1) is 0 Å². The predicted octanol–water partition coefficient (Wildman–Crippen LogP) is 3.47. The van der Waals surface area contributed by atoms with Crippen LogP contribution in [-0.2, 0) is 0 Å². The molecule has 1 aromatic heterocycles. The van der Waals surface area contributed by atoms with E-state index in [1.165, 1.54) is 0 Å². The van der Waals surface area contributed by atoms with E-state index in [0.29, 0.717) is 13.2 Å². The molecule has 1 aromatic carbocycles. The van der Waals surface area contributed by atoms with Crippen molar-refractivity contribution in [2.24, 2.45) is 5.73 Å². The highest BCUT2D eigenvalue weighted by atomic mass is 79.9. The zero-order valence-electron chi connectivity index (χ0n) is 10.2. The molecule has 1 atom stereocenters. The van der Waals surface area contributed by atoms with Crippen molar-refractivity contribution in [3.05, 3.63) is 52.4 Å². The van der Waals surface area contributed by atoms with Crippen molar-refractivity contribution in [3.8, 4) is 5.75 Å². The van der Waals surface area contributed by atoms with E-state index in [-0.39, 0.29) is 5.92 Å². The number of benzene rings is 1. The van der Waals surface area contributed by atoms with E-state index < -0.39 is 0 Å². The standard InChI is InChI=1S/C14H16BrNO2/c1-10-2-7-14(18-10)11(8-16)9-17-13-5-3-12(15)4-6-13/h2-7,11H,8-9,16H2,1H3. The van der Waals surface area contributed by atoms with Gasteiger partial charge in [0.2, 0.25) is 0 Å². The third-order valence-corrected chi connectivity index (χ3v) is 3.24. The van der Waals surface area contributed by atoms with Crippen LogP contribution in [0.15, 0.2) is 45.3 Å². The Labute approximate surface area is 115 Å². The number of halogens is 1. The molecular weight excluding hydrogens is 294 g/mol. The Morgan fingerprint density at radius 2 is 1.94 bits per heavy atom. The Balaban J connectivity index is 1.97. The molecule has 96 valence electrons. The lowest BCUT2D eigenvalue weighted by atomic mass is 10.1. The fraction of sp³-hybridized carbons (Fsp3) is 0.286. The zero-order chi connectivity index (χ0) is 13.0. The lowest BCUT2D eigenvalue weighted by Crippen LogP contribution is -2.19. The number of furan rings is 1. The van der Waals surface area contributed by atoms with E-state index in [2.05, 4.69) is 15.9 Å². The lowest BCUT2D eigenvalue weighted by Gasteiger charge is -2.13. The number of hydrogen-bond acceptors (Lipinski definition) is 3. The highest BCUT2D eigenvalue weighted by Crippen LogP contribution is 2.21. The van der Waals surface area contributed by atoms with Crippen molar-refractivity contribution in [2.75, 3.05) is 13.2 Å². The summed E-state index contributed by atoms with van der Waals surface area (Å²) in [6.45, 7) is 2.95. The molecule has 0 amide bonds. The van der Waals surface area contributed by atoms with E-state index in [1.807, 2.05) is 43.3 Å². The first-order chi connectivity index (χ1) is 8.69. The van der Waals surface area contributed by atoms with Crippen LogP contribution in [0.3, 0.4) is 0 Å². The van der Waals surface area contributed by atoms with Crippen LogP contribution in [0.4, 0.5) is 0 Å². The van der Waals surface area contributed by atoms with Gasteiger partial charge in [-0.25, -0.2) is 0 Å². The van der Waals surface area contributed by atoms with E-state index in [1.54, 1.807) is 0 Å². The molecule has 4 heteroatoms. The Bertz CT molecular complexity index is 493. The van der Waals surface area contributed by atoms with Gasteiger partial charge in [-0.05, 0) is 43.3 Å². The molecule has 1 heterocycles. The second-order valence-electron chi connectivity index (χ2n) is 4.15. The van der Waals surface area contributed by atoms with Crippen LogP contribution in [0.5, 0.6) is 5.75 Å². The molecule has 2 rings (SSSR count). The van der Waals surface area contributed by atoms with Gasteiger partial charge < -0.3 is 14.9 Å². The van der Waals surface area contributed by atoms with Crippen molar-refractivity contribution in [2.45, 2.75) is 12.8 Å². The summed E-state index contributed by atoms with van der Waals surface area (Å²) in [4.78, 5) is 0. The fourth-order valence-electron chi connectivity index (χ4n) is 1.67. The van der Waals surface area contributed by atoms with Crippen LogP contribution in [0, 0.1) is 6.92 Å². The molecule has 0 spiro atoms. The van der Waals surface area contributed by atoms with Gasteiger partial charge in [0.1, 0.15) is 17.3 Å². The van der Waals surface area contributed by atoms with Crippen LogP contribution < -0.4 is 10.5 Å². The number of ether oxygens (including phenoxy) is 1. The van der Waals surface area contributed by atoms with Crippen LogP contribution in [0.1, 0.15) is 17.4 Å². The van der Waals surface area contributed by atoms with Crippen molar-refractivity contribution in [1.29, 1.82) is 0 Å². The van der Waals surface area contributed by atoms with E-state index in [9.17, 15) is 0 Å². The van der Waals surface area contributed by atoms with Gasteiger partial charge in [0.05, 0.1) is 12.5 Å².